The predicted octanol–water partition coefficient (Wildman–Crippen LogP) is 2.09. The number of carbonyl (C=O) groups excluding carboxylic acids is 1. The van der Waals surface area contributed by atoms with Crippen LogP contribution in [0.5, 0.6) is 5.88 Å². The molecule has 8 heteroatoms. The normalized spacial score (nSPS) is 20.7. The van der Waals surface area contributed by atoms with Crippen molar-refractivity contribution in [1.82, 2.24) is 9.88 Å². The fourth-order valence-electron chi connectivity index (χ4n) is 2.90. The van der Waals surface area contributed by atoms with Gasteiger partial charge in [-0.15, -0.1) is 0 Å². The summed E-state index contributed by atoms with van der Waals surface area (Å²) in [5.74, 6) is -0.979. The first-order valence-corrected chi connectivity index (χ1v) is 8.11. The van der Waals surface area contributed by atoms with E-state index >= 15 is 0 Å². The lowest BCUT2D eigenvalue weighted by molar-refractivity contribution is -0.155. The van der Waals surface area contributed by atoms with Gasteiger partial charge >= 0.3 is 5.97 Å². The van der Waals surface area contributed by atoms with Crippen molar-refractivity contribution in [2.75, 3.05) is 33.4 Å². The van der Waals surface area contributed by atoms with Crippen LogP contribution in [-0.4, -0.2) is 60.3 Å². The van der Waals surface area contributed by atoms with Crippen LogP contribution in [0.15, 0.2) is 12.3 Å². The number of ether oxygens (including phenoxy) is 2. The van der Waals surface area contributed by atoms with Crippen LogP contribution in [0.1, 0.15) is 30.1 Å². The first-order chi connectivity index (χ1) is 11.4. The molecule has 2 heterocycles. The van der Waals surface area contributed by atoms with E-state index in [1.165, 1.54) is 24.3 Å². The summed E-state index contributed by atoms with van der Waals surface area (Å²) >= 11 is 6.08. The van der Waals surface area contributed by atoms with Gasteiger partial charge in [-0.3, -0.25) is 9.59 Å². The number of methoxy groups -OCH3 is 1. The Labute approximate surface area is 145 Å². The highest BCUT2D eigenvalue weighted by Crippen LogP contribution is 2.32. The second-order valence-corrected chi connectivity index (χ2v) is 6.20. The number of hydrogen-bond acceptors (Lipinski definition) is 5. The molecule has 1 atom stereocenters. The van der Waals surface area contributed by atoms with Crippen LogP contribution in [0, 0.1) is 5.41 Å². The van der Waals surface area contributed by atoms with Crippen LogP contribution in [0.25, 0.3) is 0 Å². The topological polar surface area (TPSA) is 89.0 Å². The Bertz CT molecular complexity index is 620. The van der Waals surface area contributed by atoms with E-state index in [1.54, 1.807) is 0 Å². The first-order valence-electron chi connectivity index (χ1n) is 7.73. The molecular formula is C16H21ClN2O5. The number of nitrogens with zero attached hydrogens (tertiary/aromatic N) is 2. The number of carboxylic acids is 1. The second-order valence-electron chi connectivity index (χ2n) is 5.79. The van der Waals surface area contributed by atoms with Gasteiger partial charge in [0.25, 0.3) is 5.91 Å². The molecule has 7 nitrogen and oxygen atoms in total. The molecule has 1 aliphatic heterocycles. The minimum absolute atomic E-state index is 0.0639. The van der Waals surface area contributed by atoms with Crippen molar-refractivity contribution in [3.8, 4) is 5.88 Å². The molecule has 0 aliphatic carbocycles. The molecule has 1 aliphatic rings. The number of aromatic nitrogens is 1. The van der Waals surface area contributed by atoms with Crippen LogP contribution in [0.4, 0.5) is 0 Å². The van der Waals surface area contributed by atoms with E-state index in [4.69, 9.17) is 21.1 Å². The summed E-state index contributed by atoms with van der Waals surface area (Å²) in [4.78, 5) is 29.9. The summed E-state index contributed by atoms with van der Waals surface area (Å²) in [7, 11) is 1.46. The minimum Gasteiger partial charge on any atom is -0.481 e. The number of carboxylic acid groups (broad SMARTS) is 1. The molecule has 0 saturated carbocycles. The molecule has 1 unspecified atom stereocenters. The van der Waals surface area contributed by atoms with Crippen molar-refractivity contribution in [2.45, 2.75) is 19.8 Å². The number of aliphatic carboxylic acids is 1. The number of amides is 1. The third-order valence-corrected chi connectivity index (χ3v) is 4.34. The Kier molecular flexibility index (Phi) is 6.01. The van der Waals surface area contributed by atoms with Gasteiger partial charge in [0.1, 0.15) is 10.4 Å². The summed E-state index contributed by atoms with van der Waals surface area (Å²) in [5.41, 5.74) is -0.771. The molecule has 0 bridgehead atoms. The van der Waals surface area contributed by atoms with E-state index in [1.807, 2.05) is 6.92 Å². The molecule has 1 aromatic heterocycles. The van der Waals surface area contributed by atoms with Crippen molar-refractivity contribution in [2.24, 2.45) is 5.41 Å². The van der Waals surface area contributed by atoms with Crippen molar-refractivity contribution >= 4 is 23.5 Å². The maximum Gasteiger partial charge on any atom is 0.313 e. The SMILES string of the molecule is CCOc1ncc(C(=O)N2CCCC(COC)(C(=O)O)C2)cc1Cl. The summed E-state index contributed by atoms with van der Waals surface area (Å²) in [6.45, 7) is 2.88. The fourth-order valence-corrected chi connectivity index (χ4v) is 3.12. The zero-order valence-corrected chi connectivity index (χ0v) is 14.5. The Morgan fingerprint density at radius 2 is 2.25 bits per heavy atom. The standard InChI is InChI=1S/C16H21ClN2O5/c1-3-24-13-12(17)7-11(8-18-13)14(20)19-6-4-5-16(9-19,10-23-2)15(21)22/h7-8H,3-6,9-10H2,1-2H3,(H,21,22). The number of carbonyl (C=O) groups is 2. The van der Waals surface area contributed by atoms with Gasteiger partial charge in [-0.05, 0) is 25.8 Å². The van der Waals surface area contributed by atoms with Gasteiger partial charge in [0, 0.05) is 26.4 Å². The molecule has 2 rings (SSSR count). The summed E-state index contributed by atoms with van der Waals surface area (Å²) in [6.07, 6.45) is 2.47. The van der Waals surface area contributed by atoms with Gasteiger partial charge in [-0.1, -0.05) is 11.6 Å². The summed E-state index contributed by atoms with van der Waals surface area (Å²) < 4.78 is 10.3. The highest BCUT2D eigenvalue weighted by atomic mass is 35.5. The second kappa shape index (κ2) is 7.81. The Morgan fingerprint density at radius 3 is 2.83 bits per heavy atom. The Hall–Kier alpha value is -1.86. The molecule has 1 fully saturated rings. The summed E-state index contributed by atoms with van der Waals surface area (Å²) in [5, 5.41) is 9.81. The van der Waals surface area contributed by atoms with Gasteiger partial charge in [-0.2, -0.15) is 0 Å². The van der Waals surface area contributed by atoms with Crippen molar-refractivity contribution in [3.63, 3.8) is 0 Å². The fraction of sp³-hybridized carbons (Fsp3) is 0.562. The first kappa shape index (κ1) is 18.5. The Balaban J connectivity index is 2.20. The summed E-state index contributed by atoms with van der Waals surface area (Å²) in [6, 6.07) is 1.50. The number of halogens is 1. The van der Waals surface area contributed by atoms with E-state index in [-0.39, 0.29) is 30.0 Å². The smallest absolute Gasteiger partial charge is 0.313 e. The monoisotopic (exact) mass is 356 g/mol. The molecule has 0 radical (unpaired) electrons. The number of likely N-dealkylation sites (tertiary alicyclic amines) is 1. The highest BCUT2D eigenvalue weighted by Gasteiger charge is 2.44. The van der Waals surface area contributed by atoms with Crippen LogP contribution >= 0.6 is 11.6 Å². The lowest BCUT2D eigenvalue weighted by atomic mass is 9.80. The van der Waals surface area contributed by atoms with E-state index in [9.17, 15) is 14.7 Å². The average Bonchev–Trinajstić information content (AvgIpc) is 2.56. The van der Waals surface area contributed by atoms with Crippen molar-refractivity contribution < 1.29 is 24.2 Å². The van der Waals surface area contributed by atoms with Crippen molar-refractivity contribution in [1.29, 1.82) is 0 Å². The molecule has 1 N–H and O–H groups in total. The molecule has 0 spiro atoms. The minimum atomic E-state index is -1.08. The van der Waals surface area contributed by atoms with Gasteiger partial charge < -0.3 is 19.5 Å². The van der Waals surface area contributed by atoms with Gasteiger partial charge in [0.2, 0.25) is 5.88 Å². The molecule has 24 heavy (non-hydrogen) atoms. The molecule has 132 valence electrons. The molecule has 0 aromatic carbocycles. The van der Waals surface area contributed by atoms with Gasteiger partial charge in [0.05, 0.1) is 18.8 Å². The maximum absolute atomic E-state index is 12.7. The largest absolute Gasteiger partial charge is 0.481 e. The van der Waals surface area contributed by atoms with E-state index in [0.717, 1.165) is 0 Å². The zero-order valence-electron chi connectivity index (χ0n) is 13.7. The third-order valence-electron chi connectivity index (χ3n) is 4.07. The van der Waals surface area contributed by atoms with Gasteiger partial charge in [-0.25, -0.2) is 4.98 Å². The Morgan fingerprint density at radius 1 is 1.50 bits per heavy atom. The van der Waals surface area contributed by atoms with E-state index in [0.29, 0.717) is 31.6 Å². The number of hydrogen-bond donors (Lipinski definition) is 1. The zero-order chi connectivity index (χ0) is 17.7. The number of rotatable bonds is 6. The molecule has 1 saturated heterocycles. The van der Waals surface area contributed by atoms with Gasteiger partial charge in [0.15, 0.2) is 0 Å². The van der Waals surface area contributed by atoms with Crippen LogP contribution < -0.4 is 4.74 Å². The average molecular weight is 357 g/mol. The number of piperidine rings is 1. The maximum atomic E-state index is 12.7. The third kappa shape index (κ3) is 3.79. The lowest BCUT2D eigenvalue weighted by Gasteiger charge is -2.39. The van der Waals surface area contributed by atoms with Crippen LogP contribution in [0.3, 0.4) is 0 Å². The molecular weight excluding hydrogens is 336 g/mol. The molecule has 1 amide bonds. The number of pyridine rings is 1. The highest BCUT2D eigenvalue weighted by molar-refractivity contribution is 6.32. The van der Waals surface area contributed by atoms with Crippen molar-refractivity contribution in [3.05, 3.63) is 22.8 Å². The van der Waals surface area contributed by atoms with Crippen LogP contribution in [-0.2, 0) is 9.53 Å². The predicted molar refractivity (Wildman–Crippen MR) is 87.5 cm³/mol. The quantitative estimate of drug-likeness (QED) is 0.839. The molecule has 1 aromatic rings. The lowest BCUT2D eigenvalue weighted by Crippen LogP contribution is -2.52. The van der Waals surface area contributed by atoms with E-state index in [2.05, 4.69) is 4.98 Å². The van der Waals surface area contributed by atoms with Crippen LogP contribution in [0.2, 0.25) is 5.02 Å². The van der Waals surface area contributed by atoms with E-state index < -0.39 is 11.4 Å².